The van der Waals surface area contributed by atoms with Crippen LogP contribution < -0.4 is 0 Å². The predicted octanol–water partition coefficient (Wildman–Crippen LogP) is 6.06. The van der Waals surface area contributed by atoms with Crippen LogP contribution in [0, 0.1) is 31.1 Å². The fraction of sp³-hybridized carbons (Fsp3) is 0.753. The summed E-state index contributed by atoms with van der Waals surface area (Å²) < 4.78 is 147. The van der Waals surface area contributed by atoms with E-state index in [1.54, 1.807) is 83.1 Å². The molecule has 0 unspecified atom stereocenters. The first kappa shape index (κ1) is 141. The Morgan fingerprint density at radius 2 is 0.376 bits per heavy atom. The van der Waals surface area contributed by atoms with E-state index >= 15 is 0 Å². The summed E-state index contributed by atoms with van der Waals surface area (Å²) in [6, 6.07) is 0. The van der Waals surface area contributed by atoms with E-state index in [4.69, 9.17) is 89.8 Å². The van der Waals surface area contributed by atoms with E-state index in [2.05, 4.69) is 60.7 Å². The van der Waals surface area contributed by atoms with E-state index in [0.29, 0.717) is 46.2 Å². The van der Waals surface area contributed by atoms with Gasteiger partial charge in [0.15, 0.2) is 119 Å². The topological polar surface area (TPSA) is 613 Å². The van der Waals surface area contributed by atoms with Gasteiger partial charge in [-0.25, -0.2) is 9.59 Å². The fourth-order valence-corrected chi connectivity index (χ4v) is 7.62. The molecule has 0 aliphatic heterocycles. The maximum absolute atomic E-state index is 12.1. The van der Waals surface area contributed by atoms with Gasteiger partial charge in [0.25, 0.3) is 25.9 Å². The normalized spacial score (nSPS) is 10.2. The summed E-state index contributed by atoms with van der Waals surface area (Å²) in [4.78, 5) is 217. The summed E-state index contributed by atoms with van der Waals surface area (Å²) >= 11 is 0. The number of rotatable bonds is 72. The summed E-state index contributed by atoms with van der Waals surface area (Å²) in [5.41, 5.74) is 0. The Bertz CT molecular complexity index is 2910. The summed E-state index contributed by atoms with van der Waals surface area (Å²) in [7, 11) is 0. The van der Waals surface area contributed by atoms with Crippen LogP contribution in [-0.2, 0) is 228 Å². The Balaban J connectivity index is -0.000000194. The van der Waals surface area contributed by atoms with Gasteiger partial charge in [0.1, 0.15) is 50.4 Å². The van der Waals surface area contributed by atoms with Crippen molar-refractivity contribution in [2.45, 2.75) is 242 Å². The molecule has 0 aromatic heterocycles. The van der Waals surface area contributed by atoms with Gasteiger partial charge in [-0.1, -0.05) is 62.3 Å². The number of carbonyl (C=O) groups is 19. The first-order valence-corrected chi connectivity index (χ1v) is 42.6. The molecule has 0 bridgehead atoms. The molecule has 0 aliphatic rings. The van der Waals surface area contributed by atoms with Crippen molar-refractivity contribution in [3.63, 3.8) is 0 Å². The number of Topliss-reactive ketones (excluding diaryl/α,β-unsaturated/α-hetero) is 9. The van der Waals surface area contributed by atoms with Gasteiger partial charge in [-0.2, -0.15) is 0 Å². The van der Waals surface area contributed by atoms with Crippen LogP contribution in [0.3, 0.4) is 0 Å². The molecule has 0 amide bonds. The second-order valence-electron chi connectivity index (χ2n) is 23.5. The number of carbonyl (C=O) groups excluding carboxylic acids is 19. The number of hydrogen-bond donors (Lipinski definition) is 0. The molecule has 0 rings (SSSR count). The van der Waals surface area contributed by atoms with Crippen molar-refractivity contribution < 1.29 is 228 Å². The molecule has 0 saturated carbocycles. The fourth-order valence-electron chi connectivity index (χ4n) is 7.62. The van der Waals surface area contributed by atoms with E-state index in [1.165, 1.54) is 20.8 Å². The van der Waals surface area contributed by atoms with Crippen molar-refractivity contribution in [3.8, 4) is 0 Å². The van der Waals surface area contributed by atoms with Crippen LogP contribution in [0.15, 0.2) is 0 Å². The first-order chi connectivity index (χ1) is 63.6. The quantitative estimate of drug-likeness (QED) is 0.0127. The van der Waals surface area contributed by atoms with E-state index in [0.717, 1.165) is 0 Å². The third-order valence-electron chi connectivity index (χ3n) is 13.9. The van der Waals surface area contributed by atoms with Gasteiger partial charge in [-0.05, 0) is 83.1 Å². The van der Waals surface area contributed by atoms with Gasteiger partial charge in [0, 0.05) is 111 Å². The molecule has 0 aliphatic carbocycles. The molecule has 770 valence electrons. The second kappa shape index (κ2) is 105. The van der Waals surface area contributed by atoms with E-state index in [1.807, 2.05) is 41.5 Å². The zero-order valence-corrected chi connectivity index (χ0v) is 80.6. The van der Waals surface area contributed by atoms with E-state index < -0.39 is 198 Å². The summed E-state index contributed by atoms with van der Waals surface area (Å²) in [5, 5.41) is 0. The monoisotopic (exact) mass is 1930 g/mol. The van der Waals surface area contributed by atoms with Crippen LogP contribution >= 0.6 is 0 Å². The Morgan fingerprint density at radius 3 is 0.602 bits per heavy atom. The molecule has 0 atom stereocenters. The molecule has 0 aromatic rings. The summed E-state index contributed by atoms with van der Waals surface area (Å²) in [6.07, 6.45) is -0.0532. The number of ketones is 9. The van der Waals surface area contributed by atoms with Crippen molar-refractivity contribution in [2.24, 2.45) is 17.8 Å². The zero-order valence-electron chi connectivity index (χ0n) is 80.6. The first-order valence-electron chi connectivity index (χ1n) is 42.6. The third-order valence-corrected chi connectivity index (χ3v) is 13.9. The van der Waals surface area contributed by atoms with Crippen molar-refractivity contribution in [1.29, 1.82) is 0 Å². The Hall–Kier alpha value is -9.47. The van der Waals surface area contributed by atoms with Crippen molar-refractivity contribution in [1.82, 2.24) is 0 Å². The molecular formula is C85H142O48. The van der Waals surface area contributed by atoms with Crippen molar-refractivity contribution >= 4 is 112 Å². The molecule has 0 fully saturated rings. The Labute approximate surface area is 776 Å². The van der Waals surface area contributed by atoms with Crippen molar-refractivity contribution in [2.75, 3.05) is 166 Å². The number of ether oxygens (including phenoxy) is 27. The van der Waals surface area contributed by atoms with E-state index in [9.17, 15) is 91.1 Å². The van der Waals surface area contributed by atoms with Gasteiger partial charge < -0.3 is 114 Å². The van der Waals surface area contributed by atoms with Crippen LogP contribution in [0.4, 0.5) is 0 Å². The standard InChI is InChI=1S/C16H22O9.C15H22O8.C13H22O9.C12H22O8.C10H22O6.C10H16O3.C7H16O3.2CO/c1-4-13(20)23-7-10(17)16(11(18)8-24-14(21)5-2)12(19)9-25-15(22)6-3;1-4-21-9-12(18)15(10(16)7-13(19)22-5-2)11(17)8-14(20)23-6-3;1-4-10(14)17-7-20-13(21-8-18-11(15)5-2)22-9-19-12(16)6-3;1-4-15-9-20-12(18-7-10(13)16-5-2)19-8-11(14)17-6-3;1-4-11-7-14-10(15-8-12-5-2)16-9-13-6-3;1-4-7(11)10(8(12)5-2)9(13)6-3;1-4-8-7(9-5-2)10-6-3;2*1-2/h16H,4-9H2,1-3H3;15H,4-9H2,1-3H3;13H,4-9H2,1-3H3;12H,4-9H2,1-3H3;10H,4-9H2,1-3H3;10H,4-6H2,1-3H3;7H,4-6H2,1-3H3;;. The molecule has 0 saturated heterocycles. The van der Waals surface area contributed by atoms with E-state index in [-0.39, 0.29) is 149 Å². The molecular weight excluding hydrogens is 1790 g/mol. The predicted molar refractivity (Wildman–Crippen MR) is 450 cm³/mol. The van der Waals surface area contributed by atoms with Gasteiger partial charge >= 0.3 is 82.3 Å². The van der Waals surface area contributed by atoms with Gasteiger partial charge in [0.05, 0.1) is 26.4 Å². The van der Waals surface area contributed by atoms with Crippen molar-refractivity contribution in [3.05, 3.63) is 13.3 Å². The molecule has 0 spiro atoms. The van der Waals surface area contributed by atoms with Crippen LogP contribution in [0.25, 0.3) is 0 Å². The van der Waals surface area contributed by atoms with Crippen LogP contribution in [0.5, 0.6) is 0 Å². The van der Waals surface area contributed by atoms with Gasteiger partial charge in [-0.3, -0.25) is 95.7 Å². The molecule has 0 radical (unpaired) electrons. The average molecular weight is 1930 g/mol. The summed E-state index contributed by atoms with van der Waals surface area (Å²) in [5.74, 6) is -17.1. The van der Waals surface area contributed by atoms with Crippen LogP contribution in [0.2, 0.25) is 0 Å². The van der Waals surface area contributed by atoms with Crippen LogP contribution in [-0.4, -0.2) is 304 Å². The zero-order chi connectivity index (χ0) is 104. The Morgan fingerprint density at radius 1 is 0.173 bits per heavy atom. The maximum atomic E-state index is 12.1. The molecule has 0 N–H and O–H groups in total. The minimum atomic E-state index is -1.83. The minimum absolute atomic E-state index is 0.0159. The van der Waals surface area contributed by atoms with Gasteiger partial charge in [-0.15, -0.1) is 0 Å². The van der Waals surface area contributed by atoms with Gasteiger partial charge in [0.2, 0.25) is 0 Å². The molecule has 48 heteroatoms. The molecule has 48 nitrogen and oxygen atoms in total. The van der Waals surface area contributed by atoms with Crippen LogP contribution in [0.1, 0.15) is 216 Å². The molecule has 0 heterocycles. The molecule has 0 aromatic carbocycles. The number of esters is 10. The average Bonchev–Trinajstić information content (AvgIpc) is 0.869. The molecule has 133 heavy (non-hydrogen) atoms. The third kappa shape index (κ3) is 90.1. The Kier molecular flexibility index (Phi) is 111. The SMILES string of the molecule is CCC(=O)C(C(=O)CC)C(=O)CC.CCC(=O)OCC(=O)C(C(=O)COC(=O)CC)C(=O)COC(=O)CC.CCC(=O)OCOC(OCOC(=O)CC)OCOC(=O)CC.CCOC(OCC)OCC.CCOCC(=O)C(C(=O)CC(=O)OCC)C(=O)CC(=O)OCC.CCOCOC(OCC(=O)OCC)OCC(=O)OCC.CCOCOC(OCOCC)OCOCC.[C-]#[O+].[C-]#[O+]. The second-order valence-corrected chi connectivity index (χ2v) is 23.5. The number of hydrogen-bond acceptors (Lipinski definition) is 46. The summed E-state index contributed by atoms with van der Waals surface area (Å²) in [6.45, 7) is 41.2.